The van der Waals surface area contributed by atoms with E-state index in [9.17, 15) is 4.79 Å². The first-order chi connectivity index (χ1) is 10.6. The van der Waals surface area contributed by atoms with Gasteiger partial charge in [-0.25, -0.2) is 0 Å². The van der Waals surface area contributed by atoms with E-state index in [1.54, 1.807) is 4.68 Å². The summed E-state index contributed by atoms with van der Waals surface area (Å²) >= 11 is 0. The van der Waals surface area contributed by atoms with Crippen LogP contribution < -0.4 is 5.73 Å². The van der Waals surface area contributed by atoms with Gasteiger partial charge < -0.3 is 10.6 Å². The third kappa shape index (κ3) is 3.20. The molecule has 1 fully saturated rings. The van der Waals surface area contributed by atoms with Gasteiger partial charge in [-0.05, 0) is 17.5 Å². The summed E-state index contributed by atoms with van der Waals surface area (Å²) < 4.78 is 1.76. The molecule has 2 N–H and O–H groups in total. The van der Waals surface area contributed by atoms with E-state index >= 15 is 0 Å². The zero-order valence-corrected chi connectivity index (χ0v) is 12.9. The topological polar surface area (TPSA) is 64.2 Å². The molecule has 1 amide bonds. The van der Waals surface area contributed by atoms with Crippen molar-refractivity contribution in [3.05, 3.63) is 53.9 Å². The van der Waals surface area contributed by atoms with Gasteiger partial charge in [0, 0.05) is 44.7 Å². The van der Waals surface area contributed by atoms with Crippen LogP contribution in [0.3, 0.4) is 0 Å². The van der Waals surface area contributed by atoms with Gasteiger partial charge in [-0.15, -0.1) is 0 Å². The molecule has 0 radical (unpaired) electrons. The Morgan fingerprint density at radius 1 is 1.32 bits per heavy atom. The molecule has 1 saturated heterocycles. The first-order valence-corrected chi connectivity index (χ1v) is 7.69. The molecule has 22 heavy (non-hydrogen) atoms. The summed E-state index contributed by atoms with van der Waals surface area (Å²) in [6, 6.07) is 10.2. The number of aromatic nitrogens is 2. The van der Waals surface area contributed by atoms with Gasteiger partial charge in [0.2, 0.25) is 5.91 Å². The number of nitrogens with two attached hydrogens (primary N) is 1. The Labute approximate surface area is 130 Å². The second-order valence-corrected chi connectivity index (χ2v) is 6.00. The first-order valence-electron chi connectivity index (χ1n) is 7.69. The molecule has 5 heteroatoms. The zero-order chi connectivity index (χ0) is 15.5. The standard InChI is InChI=1S/C17H22N4O/c1-20-10-13(9-19-20)7-8-17(22)21-11-15(16(18)12-21)14-5-3-2-4-6-14/h2-6,9-10,15-16H,7-8,11-12,18H2,1H3/t15-,16+/m0/s1. The quantitative estimate of drug-likeness (QED) is 0.925. The molecule has 5 nitrogen and oxygen atoms in total. The van der Waals surface area contributed by atoms with Gasteiger partial charge in [-0.1, -0.05) is 30.3 Å². The number of nitrogens with zero attached hydrogens (tertiary/aromatic N) is 3. The number of rotatable bonds is 4. The predicted molar refractivity (Wildman–Crippen MR) is 85.3 cm³/mol. The van der Waals surface area contributed by atoms with Gasteiger partial charge in [0.25, 0.3) is 0 Å². The van der Waals surface area contributed by atoms with Gasteiger partial charge in [0.15, 0.2) is 0 Å². The zero-order valence-electron chi connectivity index (χ0n) is 12.9. The summed E-state index contributed by atoms with van der Waals surface area (Å²) in [6.45, 7) is 1.36. The third-order valence-corrected chi connectivity index (χ3v) is 4.33. The van der Waals surface area contributed by atoms with Gasteiger partial charge >= 0.3 is 0 Å². The fourth-order valence-corrected chi connectivity index (χ4v) is 3.10. The minimum Gasteiger partial charge on any atom is -0.340 e. The largest absolute Gasteiger partial charge is 0.340 e. The van der Waals surface area contributed by atoms with Crippen molar-refractivity contribution in [2.75, 3.05) is 13.1 Å². The summed E-state index contributed by atoms with van der Waals surface area (Å²) in [5.41, 5.74) is 8.56. The van der Waals surface area contributed by atoms with E-state index in [0.29, 0.717) is 13.0 Å². The van der Waals surface area contributed by atoms with Crippen molar-refractivity contribution in [3.63, 3.8) is 0 Å². The second-order valence-electron chi connectivity index (χ2n) is 6.00. The van der Waals surface area contributed by atoms with Crippen LogP contribution in [-0.2, 0) is 18.3 Å². The van der Waals surface area contributed by atoms with Crippen LogP contribution in [0.4, 0.5) is 0 Å². The predicted octanol–water partition coefficient (Wildman–Crippen LogP) is 1.31. The average molecular weight is 298 g/mol. The highest BCUT2D eigenvalue weighted by atomic mass is 16.2. The molecule has 1 aromatic heterocycles. The Bertz CT molecular complexity index is 637. The molecule has 0 saturated carbocycles. The normalized spacial score (nSPS) is 21.3. The van der Waals surface area contributed by atoms with E-state index in [2.05, 4.69) is 17.2 Å². The van der Waals surface area contributed by atoms with Crippen LogP contribution in [0.1, 0.15) is 23.5 Å². The number of aryl methyl sites for hydroxylation is 2. The minimum absolute atomic E-state index is 0.0183. The third-order valence-electron chi connectivity index (χ3n) is 4.33. The van der Waals surface area contributed by atoms with Crippen LogP contribution in [0.15, 0.2) is 42.7 Å². The molecule has 1 aliphatic rings. The summed E-state index contributed by atoms with van der Waals surface area (Å²) in [4.78, 5) is 14.3. The molecule has 2 atom stereocenters. The van der Waals surface area contributed by atoms with Crippen molar-refractivity contribution in [3.8, 4) is 0 Å². The number of amides is 1. The molecule has 0 spiro atoms. The number of likely N-dealkylation sites (tertiary alicyclic amines) is 1. The smallest absolute Gasteiger partial charge is 0.222 e. The number of hydrogen-bond donors (Lipinski definition) is 1. The van der Waals surface area contributed by atoms with E-state index in [1.165, 1.54) is 5.56 Å². The van der Waals surface area contributed by atoms with E-state index in [-0.39, 0.29) is 17.9 Å². The molecule has 2 aromatic rings. The molecular weight excluding hydrogens is 276 g/mol. The molecule has 116 valence electrons. The summed E-state index contributed by atoms with van der Waals surface area (Å²) in [5, 5.41) is 4.13. The number of hydrogen-bond acceptors (Lipinski definition) is 3. The Hall–Kier alpha value is -2.14. The molecule has 1 aliphatic heterocycles. The Balaban J connectivity index is 1.58. The lowest BCUT2D eigenvalue weighted by Crippen LogP contribution is -2.32. The van der Waals surface area contributed by atoms with Crippen molar-refractivity contribution in [1.29, 1.82) is 0 Å². The lowest BCUT2D eigenvalue weighted by molar-refractivity contribution is -0.130. The first kappa shape index (κ1) is 14.8. The molecule has 0 bridgehead atoms. The molecule has 0 aliphatic carbocycles. The van der Waals surface area contributed by atoms with E-state index in [0.717, 1.165) is 18.5 Å². The Morgan fingerprint density at radius 3 is 2.77 bits per heavy atom. The van der Waals surface area contributed by atoms with Crippen molar-refractivity contribution in [2.45, 2.75) is 24.8 Å². The Kier molecular flexibility index (Phi) is 4.24. The minimum atomic E-state index is 0.0183. The average Bonchev–Trinajstić information content (AvgIpc) is 3.12. The van der Waals surface area contributed by atoms with Crippen LogP contribution in [0, 0.1) is 0 Å². The second kappa shape index (κ2) is 6.32. The highest BCUT2D eigenvalue weighted by Gasteiger charge is 2.33. The highest BCUT2D eigenvalue weighted by molar-refractivity contribution is 5.77. The maximum absolute atomic E-state index is 12.4. The molecule has 3 rings (SSSR count). The van der Waals surface area contributed by atoms with Gasteiger partial charge in [-0.3, -0.25) is 9.48 Å². The van der Waals surface area contributed by atoms with Crippen LogP contribution in [0.25, 0.3) is 0 Å². The SMILES string of the molecule is Cn1cc(CCC(=O)N2C[C@@H](N)[C@H](c3ccccc3)C2)cn1. The van der Waals surface area contributed by atoms with Crippen LogP contribution in [-0.4, -0.2) is 39.7 Å². The van der Waals surface area contributed by atoms with E-state index in [4.69, 9.17) is 5.73 Å². The monoisotopic (exact) mass is 298 g/mol. The van der Waals surface area contributed by atoms with Crippen molar-refractivity contribution in [1.82, 2.24) is 14.7 Å². The fraction of sp³-hybridized carbons (Fsp3) is 0.412. The lowest BCUT2D eigenvalue weighted by Gasteiger charge is -2.16. The lowest BCUT2D eigenvalue weighted by atomic mass is 9.95. The molecular formula is C17H22N4O. The molecule has 0 unspecified atom stereocenters. The maximum atomic E-state index is 12.4. The van der Waals surface area contributed by atoms with Crippen LogP contribution >= 0.6 is 0 Å². The van der Waals surface area contributed by atoms with Crippen molar-refractivity contribution >= 4 is 5.91 Å². The van der Waals surface area contributed by atoms with Gasteiger partial charge in [-0.2, -0.15) is 5.10 Å². The number of carbonyl (C=O) groups excluding carboxylic acids is 1. The van der Waals surface area contributed by atoms with Gasteiger partial charge in [0.1, 0.15) is 0 Å². The molecule has 1 aromatic carbocycles. The van der Waals surface area contributed by atoms with E-state index < -0.39 is 0 Å². The fourth-order valence-electron chi connectivity index (χ4n) is 3.10. The summed E-state index contributed by atoms with van der Waals surface area (Å²) in [6.07, 6.45) is 5.01. The van der Waals surface area contributed by atoms with Crippen molar-refractivity contribution in [2.24, 2.45) is 12.8 Å². The van der Waals surface area contributed by atoms with Crippen molar-refractivity contribution < 1.29 is 4.79 Å². The summed E-state index contributed by atoms with van der Waals surface area (Å²) in [7, 11) is 1.88. The van der Waals surface area contributed by atoms with Crippen LogP contribution in [0.2, 0.25) is 0 Å². The van der Waals surface area contributed by atoms with E-state index in [1.807, 2.05) is 42.5 Å². The molecule has 2 heterocycles. The van der Waals surface area contributed by atoms with Crippen LogP contribution in [0.5, 0.6) is 0 Å². The van der Waals surface area contributed by atoms with Gasteiger partial charge in [0.05, 0.1) is 6.20 Å². The maximum Gasteiger partial charge on any atom is 0.222 e. The Morgan fingerprint density at radius 2 is 2.09 bits per heavy atom. The number of carbonyl (C=O) groups is 1. The number of benzene rings is 1. The summed E-state index contributed by atoms with van der Waals surface area (Å²) in [5.74, 6) is 0.418. The highest BCUT2D eigenvalue weighted by Crippen LogP contribution is 2.26.